The number of amides is 2. The maximum Gasteiger partial charge on any atom is 0.276 e. The Morgan fingerprint density at radius 3 is 2.41 bits per heavy atom. The zero-order valence-electron chi connectivity index (χ0n) is 16.6. The number of rotatable bonds is 6. The average Bonchev–Trinajstić information content (AvgIpc) is 2.74. The fourth-order valence-corrected chi connectivity index (χ4v) is 2.75. The molecule has 0 fully saturated rings. The Bertz CT molecular complexity index is 1000. The van der Waals surface area contributed by atoms with Gasteiger partial charge >= 0.3 is 0 Å². The Morgan fingerprint density at radius 2 is 1.69 bits per heavy atom. The molecule has 148 valence electrons. The van der Waals surface area contributed by atoms with Crippen molar-refractivity contribution in [1.29, 1.82) is 0 Å². The summed E-state index contributed by atoms with van der Waals surface area (Å²) in [5.41, 5.74) is 1.84. The van der Waals surface area contributed by atoms with Gasteiger partial charge < -0.3 is 15.0 Å². The molecule has 2 aromatic carbocycles. The number of para-hydroxylation sites is 3. The molecule has 3 aromatic rings. The van der Waals surface area contributed by atoms with Crippen LogP contribution < -0.4 is 15.0 Å². The van der Waals surface area contributed by atoms with E-state index in [9.17, 15) is 9.59 Å². The molecule has 0 radical (unpaired) electrons. The smallest absolute Gasteiger partial charge is 0.276 e. The van der Waals surface area contributed by atoms with Crippen molar-refractivity contribution in [1.82, 2.24) is 4.98 Å². The number of nitrogens with one attached hydrogen (secondary N) is 1. The third kappa shape index (κ3) is 4.99. The molecular formula is C23H23N3O3. The van der Waals surface area contributed by atoms with Gasteiger partial charge in [0.25, 0.3) is 11.8 Å². The first-order valence-electron chi connectivity index (χ1n) is 9.32. The van der Waals surface area contributed by atoms with Gasteiger partial charge in [-0.15, -0.1) is 0 Å². The van der Waals surface area contributed by atoms with Crippen LogP contribution in [0.25, 0.3) is 0 Å². The highest BCUT2D eigenvalue weighted by Gasteiger charge is 2.17. The van der Waals surface area contributed by atoms with Gasteiger partial charge in [-0.2, -0.15) is 0 Å². The Hall–Kier alpha value is -3.67. The molecule has 1 aromatic heterocycles. The molecule has 29 heavy (non-hydrogen) atoms. The van der Waals surface area contributed by atoms with Crippen LogP contribution in [-0.2, 0) is 0 Å². The lowest BCUT2D eigenvalue weighted by Crippen LogP contribution is -2.27. The number of carbonyl (C=O) groups excluding carboxylic acids is 2. The van der Waals surface area contributed by atoms with Crippen molar-refractivity contribution in [2.24, 2.45) is 0 Å². The second-order valence-electron chi connectivity index (χ2n) is 6.75. The van der Waals surface area contributed by atoms with Crippen molar-refractivity contribution in [3.05, 3.63) is 84.2 Å². The third-order valence-electron chi connectivity index (χ3n) is 4.19. The Kier molecular flexibility index (Phi) is 6.24. The van der Waals surface area contributed by atoms with Crippen LogP contribution in [0.5, 0.6) is 5.75 Å². The normalized spacial score (nSPS) is 10.5. The summed E-state index contributed by atoms with van der Waals surface area (Å²) >= 11 is 0. The van der Waals surface area contributed by atoms with Crippen LogP contribution >= 0.6 is 0 Å². The van der Waals surface area contributed by atoms with Gasteiger partial charge in [0.2, 0.25) is 0 Å². The second kappa shape index (κ2) is 9.01. The number of nitrogens with zero attached hydrogens (tertiary/aromatic N) is 2. The van der Waals surface area contributed by atoms with E-state index in [-0.39, 0.29) is 23.6 Å². The molecule has 0 unspecified atom stereocenters. The number of aromatic nitrogens is 1. The van der Waals surface area contributed by atoms with Crippen molar-refractivity contribution < 1.29 is 14.3 Å². The van der Waals surface area contributed by atoms with Gasteiger partial charge in [-0.1, -0.05) is 30.3 Å². The number of anilines is 2. The molecule has 0 aliphatic rings. The van der Waals surface area contributed by atoms with E-state index in [1.807, 2.05) is 56.3 Å². The molecule has 3 rings (SSSR count). The van der Waals surface area contributed by atoms with Crippen molar-refractivity contribution in [3.8, 4) is 5.75 Å². The number of hydrogen-bond donors (Lipinski definition) is 1. The van der Waals surface area contributed by atoms with E-state index in [4.69, 9.17) is 4.74 Å². The SMILES string of the molecule is CC(C)Oc1ccccc1NC(=O)c1ccnc(C(=O)N(C)c2ccccc2)c1. The van der Waals surface area contributed by atoms with Crippen LogP contribution in [0.1, 0.15) is 34.7 Å². The summed E-state index contributed by atoms with van der Waals surface area (Å²) in [5.74, 6) is -0.0528. The summed E-state index contributed by atoms with van der Waals surface area (Å²) in [6.45, 7) is 3.84. The molecule has 6 nitrogen and oxygen atoms in total. The Balaban J connectivity index is 1.79. The lowest BCUT2D eigenvalue weighted by Gasteiger charge is -2.17. The van der Waals surface area contributed by atoms with Crippen LogP contribution in [0.15, 0.2) is 72.9 Å². The van der Waals surface area contributed by atoms with E-state index >= 15 is 0 Å². The Morgan fingerprint density at radius 1 is 1.00 bits per heavy atom. The maximum atomic E-state index is 12.8. The van der Waals surface area contributed by atoms with Crippen LogP contribution in [0, 0.1) is 0 Å². The van der Waals surface area contributed by atoms with Crippen LogP contribution in [0.2, 0.25) is 0 Å². The van der Waals surface area contributed by atoms with Crippen LogP contribution in [0.4, 0.5) is 11.4 Å². The number of pyridine rings is 1. The summed E-state index contributed by atoms with van der Waals surface area (Å²) in [7, 11) is 1.67. The second-order valence-corrected chi connectivity index (χ2v) is 6.75. The quantitative estimate of drug-likeness (QED) is 0.678. The lowest BCUT2D eigenvalue weighted by atomic mass is 10.2. The van der Waals surface area contributed by atoms with Gasteiger partial charge in [0.15, 0.2) is 0 Å². The molecular weight excluding hydrogens is 366 g/mol. The molecule has 0 spiro atoms. The highest BCUT2D eigenvalue weighted by molar-refractivity contribution is 6.08. The zero-order chi connectivity index (χ0) is 20.8. The monoisotopic (exact) mass is 389 g/mol. The van der Waals surface area contributed by atoms with Crippen molar-refractivity contribution >= 4 is 23.2 Å². The fourth-order valence-electron chi connectivity index (χ4n) is 2.75. The number of carbonyl (C=O) groups is 2. The maximum absolute atomic E-state index is 12.8. The predicted molar refractivity (Wildman–Crippen MR) is 114 cm³/mol. The molecule has 0 bridgehead atoms. The molecule has 0 saturated carbocycles. The van der Waals surface area contributed by atoms with Crippen molar-refractivity contribution in [3.63, 3.8) is 0 Å². The van der Waals surface area contributed by atoms with Gasteiger partial charge in [0.1, 0.15) is 11.4 Å². The highest BCUT2D eigenvalue weighted by atomic mass is 16.5. The van der Waals surface area contributed by atoms with E-state index in [0.29, 0.717) is 17.0 Å². The average molecular weight is 389 g/mol. The molecule has 1 N–H and O–H groups in total. The predicted octanol–water partition coefficient (Wildman–Crippen LogP) is 4.40. The van der Waals surface area contributed by atoms with Crippen LogP contribution in [0.3, 0.4) is 0 Å². The molecule has 0 aliphatic carbocycles. The van der Waals surface area contributed by atoms with Gasteiger partial charge in [0, 0.05) is 24.5 Å². The number of benzene rings is 2. The van der Waals surface area contributed by atoms with Crippen LogP contribution in [-0.4, -0.2) is 29.9 Å². The summed E-state index contributed by atoms with van der Waals surface area (Å²) in [4.78, 5) is 31.1. The third-order valence-corrected chi connectivity index (χ3v) is 4.19. The van der Waals surface area contributed by atoms with Gasteiger partial charge in [-0.25, -0.2) is 0 Å². The van der Waals surface area contributed by atoms with E-state index in [2.05, 4.69) is 10.3 Å². The largest absolute Gasteiger partial charge is 0.489 e. The summed E-state index contributed by atoms with van der Waals surface area (Å²) < 4.78 is 5.74. The highest BCUT2D eigenvalue weighted by Crippen LogP contribution is 2.25. The first-order valence-corrected chi connectivity index (χ1v) is 9.32. The Labute approximate surface area is 170 Å². The molecule has 6 heteroatoms. The first kappa shape index (κ1) is 20.1. The first-order chi connectivity index (χ1) is 14.0. The van der Waals surface area contributed by atoms with E-state index in [0.717, 1.165) is 5.69 Å². The molecule has 2 amide bonds. The molecule has 0 atom stereocenters. The minimum atomic E-state index is -0.344. The van der Waals surface area contributed by atoms with Gasteiger partial charge in [0.05, 0.1) is 11.8 Å². The number of hydrogen-bond acceptors (Lipinski definition) is 4. The summed E-state index contributed by atoms with van der Waals surface area (Å²) in [6.07, 6.45) is 1.43. The topological polar surface area (TPSA) is 71.5 Å². The minimum absolute atomic E-state index is 0.0216. The van der Waals surface area contributed by atoms with E-state index < -0.39 is 0 Å². The summed E-state index contributed by atoms with van der Waals surface area (Å²) in [5, 5.41) is 2.84. The fraction of sp³-hybridized carbons (Fsp3) is 0.174. The van der Waals surface area contributed by atoms with Gasteiger partial charge in [-0.05, 0) is 50.2 Å². The minimum Gasteiger partial charge on any atom is -0.489 e. The van der Waals surface area contributed by atoms with Crippen molar-refractivity contribution in [2.45, 2.75) is 20.0 Å². The van der Waals surface area contributed by atoms with E-state index in [1.54, 1.807) is 25.2 Å². The molecule has 0 saturated heterocycles. The summed E-state index contributed by atoms with van der Waals surface area (Å²) in [6, 6.07) is 19.5. The molecule has 0 aliphatic heterocycles. The lowest BCUT2D eigenvalue weighted by molar-refractivity contribution is 0.0988. The standard InChI is InChI=1S/C23H23N3O3/c1-16(2)29-21-12-8-7-11-19(21)25-22(27)17-13-14-24-20(15-17)23(28)26(3)18-9-5-4-6-10-18/h4-16H,1-3H3,(H,25,27). The van der Waals surface area contributed by atoms with E-state index in [1.165, 1.54) is 17.2 Å². The zero-order valence-corrected chi connectivity index (χ0v) is 16.6. The molecule has 1 heterocycles. The van der Waals surface area contributed by atoms with Crippen molar-refractivity contribution in [2.75, 3.05) is 17.3 Å². The van der Waals surface area contributed by atoms with Gasteiger partial charge in [-0.3, -0.25) is 14.6 Å². The number of ether oxygens (including phenoxy) is 1.